The Hall–Kier alpha value is -1.34. The Bertz CT molecular complexity index is 674. The first kappa shape index (κ1) is 17.0. The third-order valence-corrected chi connectivity index (χ3v) is 5.00. The number of rotatable bonds is 6. The highest BCUT2D eigenvalue weighted by molar-refractivity contribution is 9.10. The predicted octanol–water partition coefficient (Wildman–Crippen LogP) is 4.51. The van der Waals surface area contributed by atoms with Gasteiger partial charge < -0.3 is 15.2 Å². The van der Waals surface area contributed by atoms with Gasteiger partial charge in [0, 0.05) is 4.47 Å². The maximum absolute atomic E-state index is 11.0. The molecule has 0 spiro atoms. The maximum Gasteiger partial charge on any atom is 0.405 e. The molecule has 0 aliphatic rings. The van der Waals surface area contributed by atoms with E-state index in [1.807, 2.05) is 19.1 Å². The summed E-state index contributed by atoms with van der Waals surface area (Å²) in [5, 5.41) is 11.6. The molecular formula is C15H19BrN2O3S. The second-order valence-electron chi connectivity index (χ2n) is 5.95. The minimum atomic E-state index is -1.04. The van der Waals surface area contributed by atoms with E-state index in [0.717, 1.165) is 14.7 Å². The fourth-order valence-corrected chi connectivity index (χ4v) is 3.86. The quantitative estimate of drug-likeness (QED) is 0.765. The Balaban J connectivity index is 2.19. The van der Waals surface area contributed by atoms with Crippen LogP contribution in [0.4, 0.5) is 4.79 Å². The van der Waals surface area contributed by atoms with E-state index >= 15 is 0 Å². The highest BCUT2D eigenvalue weighted by Gasteiger charge is 2.29. The van der Waals surface area contributed by atoms with Gasteiger partial charge in [-0.15, -0.1) is 11.3 Å². The standard InChI is InChI=1S/C15H19BrN2O3S/c1-9(2)6-15(3,18-14(19)20)7-21-11-5-4-10(16)13-12(11)17-8-22-13/h4-5,8-9,18H,6-7H2,1-3H3,(H,19,20). The number of ether oxygens (including phenoxy) is 1. The summed E-state index contributed by atoms with van der Waals surface area (Å²) in [4.78, 5) is 15.4. The third kappa shape index (κ3) is 4.10. The Morgan fingerprint density at radius 1 is 1.55 bits per heavy atom. The molecule has 7 heteroatoms. The molecule has 2 N–H and O–H groups in total. The summed E-state index contributed by atoms with van der Waals surface area (Å²) in [6.45, 7) is 6.23. The average molecular weight is 387 g/mol. The summed E-state index contributed by atoms with van der Waals surface area (Å²) in [7, 11) is 0. The summed E-state index contributed by atoms with van der Waals surface area (Å²) in [6, 6.07) is 3.77. The van der Waals surface area contributed by atoms with Gasteiger partial charge in [0.1, 0.15) is 17.9 Å². The number of fused-ring (bicyclic) bond motifs is 1. The van der Waals surface area contributed by atoms with Crippen LogP contribution in [0.1, 0.15) is 27.2 Å². The van der Waals surface area contributed by atoms with Gasteiger partial charge in [-0.3, -0.25) is 0 Å². The number of carboxylic acid groups (broad SMARTS) is 1. The summed E-state index contributed by atoms with van der Waals surface area (Å²) in [5.74, 6) is 1.02. The molecule has 0 aliphatic carbocycles. The molecule has 1 heterocycles. The van der Waals surface area contributed by atoms with Crippen LogP contribution in [-0.2, 0) is 0 Å². The van der Waals surface area contributed by atoms with Crippen LogP contribution in [0.2, 0.25) is 0 Å². The van der Waals surface area contributed by atoms with Gasteiger partial charge in [-0.05, 0) is 47.3 Å². The first-order chi connectivity index (χ1) is 10.3. The van der Waals surface area contributed by atoms with Gasteiger partial charge in [-0.1, -0.05) is 13.8 Å². The number of nitrogens with zero attached hydrogens (tertiary/aromatic N) is 1. The number of amides is 1. The van der Waals surface area contributed by atoms with E-state index in [0.29, 0.717) is 18.1 Å². The van der Waals surface area contributed by atoms with Crippen molar-refractivity contribution in [1.29, 1.82) is 0 Å². The zero-order valence-electron chi connectivity index (χ0n) is 12.7. The molecule has 1 aromatic heterocycles. The minimum Gasteiger partial charge on any atom is -0.489 e. The lowest BCUT2D eigenvalue weighted by Gasteiger charge is -2.31. The second kappa shape index (κ2) is 6.83. The second-order valence-corrected chi connectivity index (χ2v) is 7.66. The van der Waals surface area contributed by atoms with Crippen molar-refractivity contribution in [3.05, 3.63) is 22.1 Å². The zero-order valence-corrected chi connectivity index (χ0v) is 15.1. The van der Waals surface area contributed by atoms with Crippen molar-refractivity contribution in [2.75, 3.05) is 6.61 Å². The fraction of sp³-hybridized carbons (Fsp3) is 0.467. The van der Waals surface area contributed by atoms with Gasteiger partial charge in [0.15, 0.2) is 0 Å². The predicted molar refractivity (Wildman–Crippen MR) is 91.8 cm³/mol. The van der Waals surface area contributed by atoms with Crippen LogP contribution in [0.5, 0.6) is 5.75 Å². The van der Waals surface area contributed by atoms with Crippen LogP contribution in [-0.4, -0.2) is 28.3 Å². The number of thiazole rings is 1. The van der Waals surface area contributed by atoms with Crippen LogP contribution in [0.15, 0.2) is 22.1 Å². The van der Waals surface area contributed by atoms with E-state index in [4.69, 9.17) is 9.84 Å². The third-order valence-electron chi connectivity index (χ3n) is 3.21. The molecule has 2 rings (SSSR count). The summed E-state index contributed by atoms with van der Waals surface area (Å²) in [5.41, 5.74) is 1.92. The Morgan fingerprint density at radius 3 is 2.91 bits per heavy atom. The molecule has 5 nitrogen and oxygen atoms in total. The molecule has 1 amide bonds. The van der Waals surface area contributed by atoms with Crippen LogP contribution >= 0.6 is 27.3 Å². The lowest BCUT2D eigenvalue weighted by Crippen LogP contribution is -2.50. The van der Waals surface area contributed by atoms with E-state index in [1.165, 1.54) is 11.3 Å². The monoisotopic (exact) mass is 386 g/mol. The fourth-order valence-electron chi connectivity index (χ4n) is 2.55. The molecule has 1 unspecified atom stereocenters. The van der Waals surface area contributed by atoms with E-state index in [1.54, 1.807) is 5.51 Å². The molecule has 0 aliphatic heterocycles. The van der Waals surface area contributed by atoms with Crippen LogP contribution in [0, 0.1) is 5.92 Å². The molecule has 0 saturated carbocycles. The number of nitrogens with one attached hydrogen (secondary N) is 1. The molecule has 1 atom stereocenters. The molecule has 0 bridgehead atoms. The molecule has 22 heavy (non-hydrogen) atoms. The van der Waals surface area contributed by atoms with Gasteiger partial charge in [0.2, 0.25) is 0 Å². The zero-order chi connectivity index (χ0) is 16.3. The van der Waals surface area contributed by atoms with Crippen LogP contribution in [0.25, 0.3) is 10.2 Å². The first-order valence-electron chi connectivity index (χ1n) is 6.96. The number of hydrogen-bond acceptors (Lipinski definition) is 4. The molecule has 2 aromatic rings. The molecule has 0 saturated heterocycles. The Labute approximate surface area is 141 Å². The summed E-state index contributed by atoms with van der Waals surface area (Å²) >= 11 is 5.03. The number of hydrogen-bond donors (Lipinski definition) is 2. The average Bonchev–Trinajstić information content (AvgIpc) is 2.86. The number of benzene rings is 1. The first-order valence-corrected chi connectivity index (χ1v) is 8.63. The minimum absolute atomic E-state index is 0.256. The van der Waals surface area contributed by atoms with Gasteiger partial charge in [-0.2, -0.15) is 0 Å². The molecular weight excluding hydrogens is 368 g/mol. The van der Waals surface area contributed by atoms with Crippen molar-refractivity contribution in [2.24, 2.45) is 5.92 Å². The normalized spacial score (nSPS) is 14.0. The van der Waals surface area contributed by atoms with Gasteiger partial charge >= 0.3 is 6.09 Å². The smallest absolute Gasteiger partial charge is 0.405 e. The summed E-state index contributed by atoms with van der Waals surface area (Å²) < 4.78 is 7.90. The van der Waals surface area contributed by atoms with Gasteiger partial charge in [0.25, 0.3) is 0 Å². The van der Waals surface area contributed by atoms with Crippen LogP contribution in [0.3, 0.4) is 0 Å². The van der Waals surface area contributed by atoms with Crippen molar-refractivity contribution in [2.45, 2.75) is 32.7 Å². The highest BCUT2D eigenvalue weighted by Crippen LogP contribution is 2.34. The van der Waals surface area contributed by atoms with Gasteiger partial charge in [-0.25, -0.2) is 9.78 Å². The van der Waals surface area contributed by atoms with E-state index in [-0.39, 0.29) is 6.61 Å². The van der Waals surface area contributed by atoms with Crippen molar-refractivity contribution < 1.29 is 14.6 Å². The molecule has 0 fully saturated rings. The Morgan fingerprint density at radius 2 is 2.27 bits per heavy atom. The molecule has 1 aromatic carbocycles. The van der Waals surface area contributed by atoms with Crippen molar-refractivity contribution >= 4 is 43.6 Å². The topological polar surface area (TPSA) is 71.5 Å². The van der Waals surface area contributed by atoms with Crippen molar-refractivity contribution in [3.8, 4) is 5.75 Å². The lowest BCUT2D eigenvalue weighted by atomic mass is 9.91. The van der Waals surface area contributed by atoms with E-state index in [9.17, 15) is 4.79 Å². The van der Waals surface area contributed by atoms with Crippen molar-refractivity contribution in [1.82, 2.24) is 10.3 Å². The van der Waals surface area contributed by atoms with Gasteiger partial charge in [0.05, 0.1) is 15.7 Å². The maximum atomic E-state index is 11.0. The highest BCUT2D eigenvalue weighted by atomic mass is 79.9. The van der Waals surface area contributed by atoms with E-state index < -0.39 is 11.6 Å². The number of halogens is 1. The molecule has 0 radical (unpaired) electrons. The lowest BCUT2D eigenvalue weighted by molar-refractivity contribution is 0.144. The van der Waals surface area contributed by atoms with E-state index in [2.05, 4.69) is 40.1 Å². The van der Waals surface area contributed by atoms with Crippen molar-refractivity contribution in [3.63, 3.8) is 0 Å². The molecule has 120 valence electrons. The summed E-state index contributed by atoms with van der Waals surface area (Å²) in [6.07, 6.45) is -0.350. The van der Waals surface area contributed by atoms with Crippen LogP contribution < -0.4 is 10.1 Å². The Kier molecular flexibility index (Phi) is 5.28. The SMILES string of the molecule is CC(C)CC(C)(COc1ccc(Br)c2scnc12)NC(=O)O. The largest absolute Gasteiger partial charge is 0.489 e. The number of carbonyl (C=O) groups is 1. The number of aromatic nitrogens is 1.